The maximum Gasteiger partial charge on any atom is 0.268 e. The molecule has 2 N–H and O–H groups in total. The molecule has 0 saturated heterocycles. The third kappa shape index (κ3) is 2.93. The SMILES string of the molecule is COc1ccc(C(C)NC(=O)c2[nH]c3ccccc3c2C)cc1. The first kappa shape index (κ1) is 15.2. The van der Waals surface area contributed by atoms with Gasteiger partial charge >= 0.3 is 0 Å². The number of nitrogens with one attached hydrogen (secondary N) is 2. The van der Waals surface area contributed by atoms with E-state index in [9.17, 15) is 4.79 Å². The Hall–Kier alpha value is -2.75. The highest BCUT2D eigenvalue weighted by Gasteiger charge is 2.17. The molecule has 0 bridgehead atoms. The maximum absolute atomic E-state index is 12.6. The van der Waals surface area contributed by atoms with E-state index in [0.29, 0.717) is 5.69 Å². The minimum absolute atomic E-state index is 0.0841. The highest BCUT2D eigenvalue weighted by Crippen LogP contribution is 2.22. The number of methoxy groups -OCH3 is 1. The number of hydrogen-bond acceptors (Lipinski definition) is 2. The molecule has 0 radical (unpaired) electrons. The van der Waals surface area contributed by atoms with Crippen LogP contribution in [0, 0.1) is 6.92 Å². The topological polar surface area (TPSA) is 54.1 Å². The van der Waals surface area contributed by atoms with E-state index in [1.807, 2.05) is 62.4 Å². The summed E-state index contributed by atoms with van der Waals surface area (Å²) >= 11 is 0. The second kappa shape index (κ2) is 6.16. The number of aromatic nitrogens is 1. The van der Waals surface area contributed by atoms with E-state index in [1.54, 1.807) is 7.11 Å². The molecule has 1 atom stereocenters. The number of aryl methyl sites for hydroxylation is 1. The van der Waals surface area contributed by atoms with Crippen molar-refractivity contribution in [2.45, 2.75) is 19.9 Å². The lowest BCUT2D eigenvalue weighted by atomic mass is 10.1. The summed E-state index contributed by atoms with van der Waals surface area (Å²) in [5.74, 6) is 0.709. The number of benzene rings is 2. The molecule has 23 heavy (non-hydrogen) atoms. The van der Waals surface area contributed by atoms with Crippen molar-refractivity contribution in [1.29, 1.82) is 0 Å². The standard InChI is InChI=1S/C19H20N2O2/c1-12-16-6-4-5-7-17(16)21-18(12)19(22)20-13(2)14-8-10-15(23-3)11-9-14/h4-11,13,21H,1-3H3,(H,20,22). The minimum atomic E-state index is -0.0954. The lowest BCUT2D eigenvalue weighted by Crippen LogP contribution is -2.27. The molecule has 1 aromatic heterocycles. The van der Waals surface area contributed by atoms with Gasteiger partial charge in [-0.3, -0.25) is 4.79 Å². The third-order valence-corrected chi connectivity index (χ3v) is 4.16. The van der Waals surface area contributed by atoms with Gasteiger partial charge in [0.2, 0.25) is 0 Å². The Kier molecular flexibility index (Phi) is 4.06. The number of hydrogen-bond donors (Lipinski definition) is 2. The number of ether oxygens (including phenoxy) is 1. The van der Waals surface area contributed by atoms with Crippen molar-refractivity contribution in [2.75, 3.05) is 7.11 Å². The van der Waals surface area contributed by atoms with Crippen molar-refractivity contribution in [2.24, 2.45) is 0 Å². The zero-order valence-electron chi connectivity index (χ0n) is 13.5. The molecule has 3 aromatic rings. The zero-order valence-corrected chi connectivity index (χ0v) is 13.5. The van der Waals surface area contributed by atoms with Gasteiger partial charge in [-0.15, -0.1) is 0 Å². The van der Waals surface area contributed by atoms with E-state index >= 15 is 0 Å². The Morgan fingerprint density at radius 1 is 1.13 bits per heavy atom. The number of para-hydroxylation sites is 1. The van der Waals surface area contributed by atoms with Crippen LogP contribution in [0.4, 0.5) is 0 Å². The van der Waals surface area contributed by atoms with Crippen LogP contribution in [-0.2, 0) is 0 Å². The van der Waals surface area contributed by atoms with Crippen molar-refractivity contribution >= 4 is 16.8 Å². The molecule has 3 rings (SSSR count). The second-order valence-corrected chi connectivity index (χ2v) is 5.64. The summed E-state index contributed by atoms with van der Waals surface area (Å²) in [5, 5.41) is 4.12. The number of aromatic amines is 1. The predicted octanol–water partition coefficient (Wildman–Crippen LogP) is 3.98. The predicted molar refractivity (Wildman–Crippen MR) is 91.9 cm³/mol. The van der Waals surface area contributed by atoms with Crippen LogP contribution in [0.25, 0.3) is 10.9 Å². The highest BCUT2D eigenvalue weighted by molar-refractivity contribution is 6.01. The molecule has 4 heteroatoms. The third-order valence-electron chi connectivity index (χ3n) is 4.16. The summed E-state index contributed by atoms with van der Waals surface area (Å²) in [6, 6.07) is 15.6. The molecule has 2 aromatic carbocycles. The van der Waals surface area contributed by atoms with Crippen LogP contribution >= 0.6 is 0 Å². The molecule has 0 fully saturated rings. The lowest BCUT2D eigenvalue weighted by Gasteiger charge is -2.14. The molecular weight excluding hydrogens is 288 g/mol. The van der Waals surface area contributed by atoms with Gasteiger partial charge in [0.05, 0.1) is 13.2 Å². The molecular formula is C19H20N2O2. The van der Waals surface area contributed by atoms with Crippen molar-refractivity contribution in [3.8, 4) is 5.75 Å². The van der Waals surface area contributed by atoms with Gasteiger partial charge in [-0.05, 0) is 43.2 Å². The van der Waals surface area contributed by atoms with Gasteiger partial charge in [0.25, 0.3) is 5.91 Å². The Labute approximate surface area is 135 Å². The monoisotopic (exact) mass is 308 g/mol. The van der Waals surface area contributed by atoms with Crippen LogP contribution < -0.4 is 10.1 Å². The van der Waals surface area contributed by atoms with Crippen molar-refractivity contribution in [3.05, 3.63) is 65.4 Å². The molecule has 0 aliphatic rings. The average molecular weight is 308 g/mol. The van der Waals surface area contributed by atoms with E-state index in [2.05, 4.69) is 10.3 Å². The van der Waals surface area contributed by atoms with Crippen LogP contribution in [0.3, 0.4) is 0 Å². The van der Waals surface area contributed by atoms with E-state index in [0.717, 1.165) is 27.8 Å². The minimum Gasteiger partial charge on any atom is -0.497 e. The molecule has 0 aliphatic carbocycles. The quantitative estimate of drug-likeness (QED) is 0.766. The van der Waals surface area contributed by atoms with Crippen molar-refractivity contribution < 1.29 is 9.53 Å². The summed E-state index contributed by atoms with van der Waals surface area (Å²) in [7, 11) is 1.64. The van der Waals surface area contributed by atoms with Gasteiger partial charge in [0.15, 0.2) is 0 Å². The summed E-state index contributed by atoms with van der Waals surface area (Å²) in [5.41, 5.74) is 3.60. The normalized spacial score (nSPS) is 12.1. The number of carbonyl (C=O) groups excluding carboxylic acids is 1. The Balaban J connectivity index is 1.80. The van der Waals surface area contributed by atoms with Gasteiger partial charge in [0, 0.05) is 10.9 Å². The van der Waals surface area contributed by atoms with Crippen LogP contribution in [-0.4, -0.2) is 18.0 Å². The van der Waals surface area contributed by atoms with E-state index in [4.69, 9.17) is 4.74 Å². The average Bonchev–Trinajstić information content (AvgIpc) is 2.92. The number of carbonyl (C=O) groups is 1. The Morgan fingerprint density at radius 3 is 2.48 bits per heavy atom. The highest BCUT2D eigenvalue weighted by atomic mass is 16.5. The summed E-state index contributed by atoms with van der Waals surface area (Å²) in [6.45, 7) is 3.93. The van der Waals surface area contributed by atoms with E-state index in [-0.39, 0.29) is 11.9 Å². The largest absolute Gasteiger partial charge is 0.497 e. The number of fused-ring (bicyclic) bond motifs is 1. The molecule has 118 valence electrons. The van der Waals surface area contributed by atoms with Crippen molar-refractivity contribution in [3.63, 3.8) is 0 Å². The first-order valence-corrected chi connectivity index (χ1v) is 7.62. The van der Waals surface area contributed by atoms with Gasteiger partial charge in [-0.25, -0.2) is 0 Å². The molecule has 1 amide bonds. The zero-order chi connectivity index (χ0) is 16.4. The van der Waals surface area contributed by atoms with Crippen LogP contribution in [0.5, 0.6) is 5.75 Å². The van der Waals surface area contributed by atoms with Crippen LogP contribution in [0.1, 0.15) is 34.6 Å². The fourth-order valence-electron chi connectivity index (χ4n) is 2.75. The Morgan fingerprint density at radius 2 is 1.83 bits per heavy atom. The number of amides is 1. The van der Waals surface area contributed by atoms with Crippen molar-refractivity contribution in [1.82, 2.24) is 10.3 Å². The maximum atomic E-state index is 12.6. The fraction of sp³-hybridized carbons (Fsp3) is 0.211. The van der Waals surface area contributed by atoms with Gasteiger partial charge in [-0.1, -0.05) is 30.3 Å². The van der Waals surface area contributed by atoms with E-state index in [1.165, 1.54) is 0 Å². The Bertz CT molecular complexity index is 834. The summed E-state index contributed by atoms with van der Waals surface area (Å²) < 4.78 is 5.16. The van der Waals surface area contributed by atoms with Gasteiger partial charge in [-0.2, -0.15) is 0 Å². The van der Waals surface area contributed by atoms with E-state index < -0.39 is 0 Å². The first-order valence-electron chi connectivity index (χ1n) is 7.62. The number of H-pyrrole nitrogens is 1. The van der Waals surface area contributed by atoms with Gasteiger partial charge in [0.1, 0.15) is 11.4 Å². The molecule has 0 saturated carbocycles. The molecule has 1 unspecified atom stereocenters. The fourth-order valence-corrected chi connectivity index (χ4v) is 2.75. The molecule has 4 nitrogen and oxygen atoms in total. The van der Waals surface area contributed by atoms with Crippen LogP contribution in [0.2, 0.25) is 0 Å². The smallest absolute Gasteiger partial charge is 0.268 e. The second-order valence-electron chi connectivity index (χ2n) is 5.64. The molecule has 0 spiro atoms. The molecule has 1 heterocycles. The molecule has 0 aliphatic heterocycles. The first-order chi connectivity index (χ1) is 11.1. The van der Waals surface area contributed by atoms with Crippen LogP contribution in [0.15, 0.2) is 48.5 Å². The lowest BCUT2D eigenvalue weighted by molar-refractivity contribution is 0.0935. The number of rotatable bonds is 4. The van der Waals surface area contributed by atoms with Gasteiger partial charge < -0.3 is 15.0 Å². The summed E-state index contributed by atoms with van der Waals surface area (Å²) in [6.07, 6.45) is 0. The summed E-state index contributed by atoms with van der Waals surface area (Å²) in [4.78, 5) is 15.8.